The molecule has 8 nitrogen and oxygen atoms in total. The molecule has 0 aliphatic rings. The second-order valence-corrected chi connectivity index (χ2v) is 5.77. The number of aryl methyl sites for hydroxylation is 2. The number of nitrogens with one attached hydrogen (secondary N) is 1. The van der Waals surface area contributed by atoms with Crippen molar-refractivity contribution in [2.75, 3.05) is 7.11 Å². The van der Waals surface area contributed by atoms with Crippen LogP contribution < -0.4 is 10.1 Å². The van der Waals surface area contributed by atoms with E-state index in [1.807, 2.05) is 38.1 Å². The van der Waals surface area contributed by atoms with Crippen molar-refractivity contribution in [3.05, 3.63) is 53.5 Å². The molecule has 8 heteroatoms. The first-order chi connectivity index (χ1) is 12.5. The van der Waals surface area contributed by atoms with Crippen molar-refractivity contribution in [1.82, 2.24) is 25.1 Å². The third-order valence-corrected chi connectivity index (χ3v) is 4.02. The predicted octanol–water partition coefficient (Wildman–Crippen LogP) is 2.72. The highest BCUT2D eigenvalue weighted by Crippen LogP contribution is 2.21. The minimum atomic E-state index is -1.06. The zero-order chi connectivity index (χ0) is 18.7. The average Bonchev–Trinajstić information content (AvgIpc) is 3.10. The van der Waals surface area contributed by atoms with Gasteiger partial charge in [0.05, 0.1) is 18.5 Å². The molecule has 1 aromatic carbocycles. The SMILES string of the molecule is COc1ccc(-n2cnc(-c3ccc(C)c(CNC(=O)O)c3)n2)c(C)n1. The summed E-state index contributed by atoms with van der Waals surface area (Å²) >= 11 is 0. The van der Waals surface area contributed by atoms with Gasteiger partial charge in [-0.2, -0.15) is 0 Å². The smallest absolute Gasteiger partial charge is 0.404 e. The van der Waals surface area contributed by atoms with Gasteiger partial charge in [-0.15, -0.1) is 5.10 Å². The molecule has 0 aliphatic carbocycles. The van der Waals surface area contributed by atoms with Crippen LogP contribution in [0.3, 0.4) is 0 Å². The van der Waals surface area contributed by atoms with Crippen LogP contribution in [-0.2, 0) is 6.54 Å². The van der Waals surface area contributed by atoms with Crippen molar-refractivity contribution in [2.45, 2.75) is 20.4 Å². The highest BCUT2D eigenvalue weighted by atomic mass is 16.5. The Labute approximate surface area is 150 Å². The Hall–Kier alpha value is -3.42. The van der Waals surface area contributed by atoms with Crippen molar-refractivity contribution in [2.24, 2.45) is 0 Å². The van der Waals surface area contributed by atoms with Crippen LogP contribution in [0.5, 0.6) is 5.88 Å². The van der Waals surface area contributed by atoms with Gasteiger partial charge in [0, 0.05) is 18.2 Å². The van der Waals surface area contributed by atoms with Gasteiger partial charge < -0.3 is 15.2 Å². The van der Waals surface area contributed by atoms with Gasteiger partial charge >= 0.3 is 6.09 Å². The maximum atomic E-state index is 10.7. The molecule has 0 aliphatic heterocycles. The standard InChI is InChI=1S/C18H19N5O3/c1-11-4-5-13(8-14(11)9-19-18(24)25)17-20-10-23(22-17)15-6-7-16(26-3)21-12(15)2/h4-8,10,19H,9H2,1-3H3,(H,24,25). The topological polar surface area (TPSA) is 102 Å². The lowest BCUT2D eigenvalue weighted by Gasteiger charge is -2.08. The number of hydrogen-bond donors (Lipinski definition) is 2. The predicted molar refractivity (Wildman–Crippen MR) is 95.5 cm³/mol. The molecule has 26 heavy (non-hydrogen) atoms. The second-order valence-electron chi connectivity index (χ2n) is 5.77. The highest BCUT2D eigenvalue weighted by Gasteiger charge is 2.11. The quantitative estimate of drug-likeness (QED) is 0.731. The Morgan fingerprint density at radius 2 is 2.08 bits per heavy atom. The van der Waals surface area contributed by atoms with Crippen molar-refractivity contribution >= 4 is 6.09 Å². The first-order valence-electron chi connectivity index (χ1n) is 7.98. The van der Waals surface area contributed by atoms with E-state index < -0.39 is 6.09 Å². The number of ether oxygens (including phenoxy) is 1. The minimum absolute atomic E-state index is 0.233. The van der Waals surface area contributed by atoms with Crippen LogP contribution in [0.1, 0.15) is 16.8 Å². The number of methoxy groups -OCH3 is 1. The molecule has 0 saturated heterocycles. The van der Waals surface area contributed by atoms with Gasteiger partial charge in [-0.3, -0.25) is 0 Å². The van der Waals surface area contributed by atoms with Crippen molar-refractivity contribution in [3.63, 3.8) is 0 Å². The van der Waals surface area contributed by atoms with E-state index in [2.05, 4.69) is 20.4 Å². The fourth-order valence-electron chi connectivity index (χ4n) is 2.57. The number of amides is 1. The van der Waals surface area contributed by atoms with Gasteiger partial charge in [0.1, 0.15) is 6.33 Å². The Bertz CT molecular complexity index is 952. The largest absolute Gasteiger partial charge is 0.481 e. The number of carboxylic acid groups (broad SMARTS) is 1. The van der Waals surface area contributed by atoms with Gasteiger partial charge in [0.2, 0.25) is 5.88 Å². The van der Waals surface area contributed by atoms with E-state index in [0.29, 0.717) is 11.7 Å². The lowest BCUT2D eigenvalue weighted by molar-refractivity contribution is 0.194. The summed E-state index contributed by atoms with van der Waals surface area (Å²) in [4.78, 5) is 19.4. The van der Waals surface area contributed by atoms with Gasteiger partial charge in [0.25, 0.3) is 0 Å². The second kappa shape index (κ2) is 7.22. The molecular weight excluding hydrogens is 334 g/mol. The summed E-state index contributed by atoms with van der Waals surface area (Å²) in [6, 6.07) is 9.37. The molecule has 3 aromatic rings. The van der Waals surface area contributed by atoms with Gasteiger partial charge in [0.15, 0.2) is 5.82 Å². The molecular formula is C18H19N5O3. The normalized spacial score (nSPS) is 10.6. The van der Waals surface area contributed by atoms with E-state index in [9.17, 15) is 4.79 Å². The number of benzene rings is 1. The molecule has 0 atom stereocenters. The molecule has 2 heterocycles. The van der Waals surface area contributed by atoms with E-state index in [1.165, 1.54) is 0 Å². The van der Waals surface area contributed by atoms with Crippen molar-refractivity contribution in [3.8, 4) is 23.0 Å². The fourth-order valence-corrected chi connectivity index (χ4v) is 2.57. The van der Waals surface area contributed by atoms with Gasteiger partial charge in [-0.1, -0.05) is 12.1 Å². The molecule has 134 valence electrons. The number of aromatic nitrogens is 4. The van der Waals surface area contributed by atoms with Crippen LogP contribution in [0.25, 0.3) is 17.1 Å². The van der Waals surface area contributed by atoms with Crippen LogP contribution in [-0.4, -0.2) is 38.1 Å². The van der Waals surface area contributed by atoms with Crippen molar-refractivity contribution in [1.29, 1.82) is 0 Å². The van der Waals surface area contributed by atoms with Crippen LogP contribution in [0.4, 0.5) is 4.79 Å². The number of rotatable bonds is 5. The molecule has 2 N–H and O–H groups in total. The highest BCUT2D eigenvalue weighted by molar-refractivity contribution is 5.65. The first kappa shape index (κ1) is 17.4. The monoisotopic (exact) mass is 353 g/mol. The third-order valence-electron chi connectivity index (χ3n) is 4.02. The zero-order valence-corrected chi connectivity index (χ0v) is 14.7. The maximum Gasteiger partial charge on any atom is 0.404 e. The van der Waals surface area contributed by atoms with E-state index in [-0.39, 0.29) is 6.54 Å². The van der Waals surface area contributed by atoms with Crippen LogP contribution in [0.15, 0.2) is 36.7 Å². The Kier molecular flexibility index (Phi) is 4.83. The van der Waals surface area contributed by atoms with Gasteiger partial charge in [-0.25, -0.2) is 19.4 Å². The average molecular weight is 353 g/mol. The zero-order valence-electron chi connectivity index (χ0n) is 14.7. The third kappa shape index (κ3) is 3.64. The molecule has 3 rings (SSSR count). The summed E-state index contributed by atoms with van der Waals surface area (Å²) < 4.78 is 6.78. The first-order valence-corrected chi connectivity index (χ1v) is 7.98. The number of pyridine rings is 1. The number of nitrogens with zero attached hydrogens (tertiary/aromatic N) is 4. The fraction of sp³-hybridized carbons (Fsp3) is 0.222. The molecule has 0 bridgehead atoms. The summed E-state index contributed by atoms with van der Waals surface area (Å²) in [6.45, 7) is 4.04. The number of hydrogen-bond acceptors (Lipinski definition) is 5. The Balaban J connectivity index is 1.90. The van der Waals surface area contributed by atoms with E-state index in [1.54, 1.807) is 24.2 Å². The van der Waals surface area contributed by atoms with Crippen molar-refractivity contribution < 1.29 is 14.6 Å². The summed E-state index contributed by atoms with van der Waals surface area (Å²) in [5, 5.41) is 15.7. The summed E-state index contributed by atoms with van der Waals surface area (Å²) in [7, 11) is 1.57. The molecule has 0 fully saturated rings. The minimum Gasteiger partial charge on any atom is -0.481 e. The van der Waals surface area contributed by atoms with Crippen LogP contribution >= 0.6 is 0 Å². The molecule has 1 amide bonds. The lowest BCUT2D eigenvalue weighted by Crippen LogP contribution is -2.20. The molecule has 2 aromatic heterocycles. The Morgan fingerprint density at radius 1 is 1.27 bits per heavy atom. The van der Waals surface area contributed by atoms with E-state index in [0.717, 1.165) is 28.1 Å². The molecule has 0 unspecified atom stereocenters. The van der Waals surface area contributed by atoms with Gasteiger partial charge in [-0.05, 0) is 37.1 Å². The molecule has 0 spiro atoms. The summed E-state index contributed by atoms with van der Waals surface area (Å²) in [5.74, 6) is 1.09. The van der Waals surface area contributed by atoms with E-state index in [4.69, 9.17) is 9.84 Å². The van der Waals surface area contributed by atoms with Crippen LogP contribution in [0.2, 0.25) is 0 Å². The summed E-state index contributed by atoms with van der Waals surface area (Å²) in [5.41, 5.74) is 4.27. The molecule has 0 saturated carbocycles. The van der Waals surface area contributed by atoms with Crippen LogP contribution in [0, 0.1) is 13.8 Å². The maximum absolute atomic E-state index is 10.7. The lowest BCUT2D eigenvalue weighted by atomic mass is 10.0. The number of carbonyl (C=O) groups is 1. The summed E-state index contributed by atoms with van der Waals surface area (Å²) in [6.07, 6.45) is 0.570. The van der Waals surface area contributed by atoms with E-state index >= 15 is 0 Å². The molecule has 0 radical (unpaired) electrons. The Morgan fingerprint density at radius 3 is 2.77 bits per heavy atom.